The van der Waals surface area contributed by atoms with Gasteiger partial charge in [-0.05, 0) is 35.0 Å². The van der Waals surface area contributed by atoms with E-state index in [9.17, 15) is 9.59 Å². The van der Waals surface area contributed by atoms with Crippen molar-refractivity contribution < 1.29 is 19.8 Å². The molecule has 0 aliphatic rings. The van der Waals surface area contributed by atoms with Crippen molar-refractivity contribution >= 4 is 11.9 Å². The number of carboxylic acids is 2. The van der Waals surface area contributed by atoms with Gasteiger partial charge >= 0.3 is 11.9 Å². The lowest BCUT2D eigenvalue weighted by Crippen LogP contribution is -2.26. The Hall–Kier alpha value is -1.14. The third-order valence-corrected chi connectivity index (χ3v) is 2.33. The highest BCUT2D eigenvalue weighted by atomic mass is 16.4. The minimum absolute atomic E-state index is 0.0764. The van der Waals surface area contributed by atoms with Crippen LogP contribution in [0, 0.1) is 0 Å². The zero-order chi connectivity index (χ0) is 14.0. The van der Waals surface area contributed by atoms with Crippen molar-refractivity contribution in [2.75, 3.05) is 21.1 Å². The van der Waals surface area contributed by atoms with Crippen molar-refractivity contribution in [2.24, 2.45) is 0 Å². The Bertz CT molecular complexity index is 232. The molecule has 0 heterocycles. The molecule has 102 valence electrons. The van der Waals surface area contributed by atoms with Crippen LogP contribution >= 0.6 is 0 Å². The van der Waals surface area contributed by atoms with Gasteiger partial charge in [0.1, 0.15) is 0 Å². The fraction of sp³-hybridized carbons (Fsp3) is 0.818. The molecule has 0 spiro atoms. The van der Waals surface area contributed by atoms with Gasteiger partial charge in [-0.1, -0.05) is 0 Å². The van der Waals surface area contributed by atoms with E-state index in [0.29, 0.717) is 0 Å². The summed E-state index contributed by atoms with van der Waals surface area (Å²) in [5, 5.41) is 19.3. The first-order valence-electron chi connectivity index (χ1n) is 5.48. The lowest BCUT2D eigenvalue weighted by molar-refractivity contribution is -0.138. The molecular formula is C11H24N2O4. The summed E-state index contributed by atoms with van der Waals surface area (Å²) in [5.41, 5.74) is 0. The smallest absolute Gasteiger partial charge is 0.304 e. The first-order valence-corrected chi connectivity index (χ1v) is 5.48. The molecule has 6 nitrogen and oxygen atoms in total. The number of nitrogens with zero attached hydrogens (tertiary/aromatic N) is 1. The maximum absolute atomic E-state index is 10.1. The normalized spacial score (nSPS) is 13.5. The quantitative estimate of drug-likeness (QED) is 0.633. The van der Waals surface area contributed by atoms with E-state index in [1.165, 1.54) is 0 Å². The van der Waals surface area contributed by atoms with Crippen LogP contribution in [0.25, 0.3) is 0 Å². The predicted octanol–water partition coefficient (Wildman–Crippen LogP) is 0.480. The second kappa shape index (κ2) is 10.0. The maximum Gasteiger partial charge on any atom is 0.304 e. The van der Waals surface area contributed by atoms with Gasteiger partial charge in [0.05, 0.1) is 12.8 Å². The Balaban J connectivity index is 0. The fourth-order valence-corrected chi connectivity index (χ4v) is 0.799. The average Bonchev–Trinajstić information content (AvgIpc) is 2.16. The third kappa shape index (κ3) is 14.9. The number of hydrogen-bond donors (Lipinski definition) is 3. The summed E-state index contributed by atoms with van der Waals surface area (Å²) < 4.78 is 0. The topological polar surface area (TPSA) is 89.9 Å². The highest BCUT2D eigenvalue weighted by Crippen LogP contribution is 1.96. The number of carboxylic acid groups (broad SMARTS) is 2. The molecule has 17 heavy (non-hydrogen) atoms. The van der Waals surface area contributed by atoms with Gasteiger partial charge in [-0.2, -0.15) is 0 Å². The molecule has 0 aromatic carbocycles. The van der Waals surface area contributed by atoms with Crippen molar-refractivity contribution in [2.45, 2.75) is 38.8 Å². The molecule has 0 radical (unpaired) electrons. The molecule has 0 aliphatic heterocycles. The molecule has 0 amide bonds. The minimum Gasteiger partial charge on any atom is -0.481 e. The first-order chi connectivity index (χ1) is 7.70. The average molecular weight is 248 g/mol. The van der Waals surface area contributed by atoms with Crippen LogP contribution in [0.1, 0.15) is 26.7 Å². The lowest BCUT2D eigenvalue weighted by Gasteiger charge is -2.16. The van der Waals surface area contributed by atoms with Crippen LogP contribution in [0.2, 0.25) is 0 Å². The Morgan fingerprint density at radius 1 is 1.12 bits per heavy atom. The molecule has 0 saturated heterocycles. The van der Waals surface area contributed by atoms with Crippen LogP contribution in [0.5, 0.6) is 0 Å². The summed E-state index contributed by atoms with van der Waals surface area (Å²) in [4.78, 5) is 21.9. The molecule has 0 bridgehead atoms. The van der Waals surface area contributed by atoms with Gasteiger partial charge in [-0.25, -0.2) is 0 Å². The van der Waals surface area contributed by atoms with Gasteiger partial charge in [0.2, 0.25) is 0 Å². The molecular weight excluding hydrogens is 224 g/mol. The first kappa shape index (κ1) is 18.2. The molecule has 6 heteroatoms. The predicted molar refractivity (Wildman–Crippen MR) is 66.2 cm³/mol. The summed E-state index contributed by atoms with van der Waals surface area (Å²) in [6.45, 7) is 3.71. The van der Waals surface area contributed by atoms with E-state index in [2.05, 4.69) is 5.32 Å². The summed E-state index contributed by atoms with van der Waals surface area (Å²) in [6.07, 6.45) is 0.406. The maximum atomic E-state index is 10.1. The zero-order valence-electron chi connectivity index (χ0n) is 11.2. The Morgan fingerprint density at radius 2 is 1.53 bits per heavy atom. The van der Waals surface area contributed by atoms with Crippen molar-refractivity contribution in [3.63, 3.8) is 0 Å². The van der Waals surface area contributed by atoms with E-state index in [1.807, 2.05) is 32.8 Å². The Morgan fingerprint density at radius 3 is 1.65 bits per heavy atom. The number of hydrogen-bond acceptors (Lipinski definition) is 4. The second-order valence-corrected chi connectivity index (χ2v) is 4.20. The van der Waals surface area contributed by atoms with Crippen molar-refractivity contribution in [3.05, 3.63) is 0 Å². The molecule has 0 aromatic heterocycles. The molecule has 0 aromatic rings. The Kier molecular flexibility index (Phi) is 10.8. The lowest BCUT2D eigenvalue weighted by atomic mass is 10.2. The van der Waals surface area contributed by atoms with Gasteiger partial charge in [0, 0.05) is 12.1 Å². The van der Waals surface area contributed by atoms with Crippen LogP contribution in [-0.4, -0.2) is 60.3 Å². The number of carbonyl (C=O) groups is 2. The zero-order valence-corrected chi connectivity index (χ0v) is 11.2. The SMILES string of the molecule is CC(CC(=O)O)N(C)C.CNC(C)CC(=O)O. The van der Waals surface area contributed by atoms with Gasteiger partial charge in [-0.15, -0.1) is 0 Å². The fourth-order valence-electron chi connectivity index (χ4n) is 0.799. The molecule has 3 N–H and O–H groups in total. The summed E-state index contributed by atoms with van der Waals surface area (Å²) >= 11 is 0. The Labute approximate surface area is 103 Å². The second-order valence-electron chi connectivity index (χ2n) is 4.20. The van der Waals surface area contributed by atoms with E-state index in [1.54, 1.807) is 7.05 Å². The molecule has 0 saturated carbocycles. The molecule has 2 atom stereocenters. The summed E-state index contributed by atoms with van der Waals surface area (Å²) in [7, 11) is 5.48. The van der Waals surface area contributed by atoms with E-state index in [0.717, 1.165) is 0 Å². The van der Waals surface area contributed by atoms with Crippen molar-refractivity contribution in [3.8, 4) is 0 Å². The summed E-state index contributed by atoms with van der Waals surface area (Å²) in [5.74, 6) is -1.50. The molecule has 0 aliphatic carbocycles. The van der Waals surface area contributed by atoms with Gasteiger partial charge in [-0.3, -0.25) is 9.59 Å². The monoisotopic (exact) mass is 248 g/mol. The molecule has 2 unspecified atom stereocenters. The number of rotatable bonds is 6. The van der Waals surface area contributed by atoms with E-state index in [-0.39, 0.29) is 24.9 Å². The highest BCUT2D eigenvalue weighted by molar-refractivity contribution is 5.67. The van der Waals surface area contributed by atoms with Crippen LogP contribution in [-0.2, 0) is 9.59 Å². The minimum atomic E-state index is -0.758. The number of aliphatic carboxylic acids is 2. The molecule has 0 fully saturated rings. The standard InChI is InChI=1S/C6H13NO2.C5H11NO2/c1-5(7(2)3)4-6(8)9;1-4(6-2)3-5(7)8/h5H,4H2,1-3H3,(H,8,9);4,6H,3H2,1-2H3,(H,7,8). The van der Waals surface area contributed by atoms with E-state index >= 15 is 0 Å². The van der Waals surface area contributed by atoms with Crippen molar-refractivity contribution in [1.82, 2.24) is 10.2 Å². The van der Waals surface area contributed by atoms with Crippen LogP contribution in [0.3, 0.4) is 0 Å². The van der Waals surface area contributed by atoms with Gasteiger partial charge < -0.3 is 20.4 Å². The molecule has 0 rings (SSSR count). The summed E-state index contributed by atoms with van der Waals surface area (Å²) in [6, 6.07) is 0.204. The highest BCUT2D eigenvalue weighted by Gasteiger charge is 2.07. The van der Waals surface area contributed by atoms with Crippen LogP contribution in [0.15, 0.2) is 0 Å². The van der Waals surface area contributed by atoms with Crippen LogP contribution < -0.4 is 5.32 Å². The van der Waals surface area contributed by atoms with E-state index < -0.39 is 11.9 Å². The third-order valence-electron chi connectivity index (χ3n) is 2.33. The van der Waals surface area contributed by atoms with E-state index in [4.69, 9.17) is 10.2 Å². The largest absolute Gasteiger partial charge is 0.481 e. The van der Waals surface area contributed by atoms with Gasteiger partial charge in [0.15, 0.2) is 0 Å². The van der Waals surface area contributed by atoms with Crippen LogP contribution in [0.4, 0.5) is 0 Å². The van der Waals surface area contributed by atoms with Crippen molar-refractivity contribution in [1.29, 1.82) is 0 Å². The number of nitrogens with one attached hydrogen (secondary N) is 1. The van der Waals surface area contributed by atoms with Gasteiger partial charge in [0.25, 0.3) is 0 Å².